The Morgan fingerprint density at radius 3 is 2.29 bits per heavy atom. The van der Waals surface area contributed by atoms with E-state index in [1.165, 1.54) is 4.90 Å². The molecule has 0 spiro atoms. The zero-order chi connectivity index (χ0) is 31.8. The van der Waals surface area contributed by atoms with Gasteiger partial charge in [-0.15, -0.1) is 0 Å². The number of nitrogens with one attached hydrogen (secondary N) is 2. The van der Waals surface area contributed by atoms with Crippen LogP contribution in [-0.2, 0) is 34.0 Å². The molecule has 4 N–H and O–H groups in total. The second kappa shape index (κ2) is 15.7. The third-order valence-corrected chi connectivity index (χ3v) is 9.34. The van der Waals surface area contributed by atoms with Crippen molar-refractivity contribution in [2.45, 2.75) is 115 Å². The Morgan fingerprint density at radius 1 is 0.956 bits per heavy atom. The van der Waals surface area contributed by atoms with Crippen LogP contribution in [0.25, 0.3) is 0 Å². The Hall–Kier alpha value is -3.41. The van der Waals surface area contributed by atoms with Gasteiger partial charge in [0.2, 0.25) is 11.8 Å². The van der Waals surface area contributed by atoms with E-state index < -0.39 is 43.2 Å². The van der Waals surface area contributed by atoms with E-state index in [4.69, 9.17) is 4.74 Å². The lowest BCUT2D eigenvalue weighted by molar-refractivity contribution is -0.140. The minimum Gasteiger partial charge on any atom is -0.444 e. The summed E-state index contributed by atoms with van der Waals surface area (Å²) in [6.45, 7) is 3.55. The lowest BCUT2D eigenvalue weighted by Crippen LogP contribution is -2.56. The molecular weight excluding hydrogens is 571 g/mol. The summed E-state index contributed by atoms with van der Waals surface area (Å²) < 4.78 is 5.93. The van der Waals surface area contributed by atoms with E-state index in [-0.39, 0.29) is 18.9 Å². The molecule has 2 aromatic carbocycles. The molecule has 0 aliphatic carbocycles. The van der Waals surface area contributed by atoms with Crippen LogP contribution >= 0.6 is 0 Å². The number of rotatable bonds is 5. The minimum atomic E-state index is -1.72. The molecule has 4 atom stereocenters. The summed E-state index contributed by atoms with van der Waals surface area (Å²) in [7, 11) is -1.72. The summed E-state index contributed by atoms with van der Waals surface area (Å²) in [5, 5.41) is 26.4. The molecule has 242 valence electrons. The second-order valence-electron chi connectivity index (χ2n) is 12.9. The third kappa shape index (κ3) is 8.86. The summed E-state index contributed by atoms with van der Waals surface area (Å²) >= 11 is 0. The Balaban J connectivity index is 1.33. The van der Waals surface area contributed by atoms with Crippen LogP contribution in [0.15, 0.2) is 48.5 Å². The summed E-state index contributed by atoms with van der Waals surface area (Å²) in [5.74, 6) is -1.51. The van der Waals surface area contributed by atoms with E-state index in [0.29, 0.717) is 32.5 Å². The number of nitrogens with zero attached hydrogens (tertiary/aromatic N) is 2. The van der Waals surface area contributed by atoms with Crippen molar-refractivity contribution in [2.24, 2.45) is 0 Å². The fourth-order valence-electron chi connectivity index (χ4n) is 6.80. The van der Waals surface area contributed by atoms with Crippen LogP contribution in [-0.4, -0.2) is 75.5 Å². The predicted octanol–water partition coefficient (Wildman–Crippen LogP) is 3.60. The van der Waals surface area contributed by atoms with Crippen molar-refractivity contribution in [1.29, 1.82) is 0 Å². The molecule has 0 saturated carbocycles. The van der Waals surface area contributed by atoms with Gasteiger partial charge in [-0.05, 0) is 36.5 Å². The summed E-state index contributed by atoms with van der Waals surface area (Å²) in [5.41, 5.74) is 4.37. The first-order valence-electron chi connectivity index (χ1n) is 16.6. The summed E-state index contributed by atoms with van der Waals surface area (Å²) in [6, 6.07) is 14.6. The Labute approximate surface area is 266 Å². The second-order valence-corrected chi connectivity index (χ2v) is 12.9. The number of carbonyl (C=O) groups excluding carboxylic acids is 3. The quantitative estimate of drug-likeness (QED) is 0.377. The molecular formula is C34H47BN4O6. The SMILES string of the molecule is Cc1cccc(CNC2CCCCCCCCC[C@H](B(O)O)NC(=O)[C@@H]3C[C@@H](OC(=O)N4Cc5ccccc5C4)CN3C2=O)c1. The zero-order valence-corrected chi connectivity index (χ0v) is 26.3. The van der Waals surface area contributed by atoms with E-state index in [1.54, 1.807) is 4.90 Å². The number of benzene rings is 2. The first-order chi connectivity index (χ1) is 21.8. The van der Waals surface area contributed by atoms with Crippen molar-refractivity contribution in [3.63, 3.8) is 0 Å². The maximum absolute atomic E-state index is 14.2. The highest BCUT2D eigenvalue weighted by atomic mass is 16.6. The molecule has 10 nitrogen and oxygen atoms in total. The molecule has 0 aromatic heterocycles. The molecule has 45 heavy (non-hydrogen) atoms. The van der Waals surface area contributed by atoms with Gasteiger partial charge in [-0.25, -0.2) is 4.79 Å². The number of ether oxygens (including phenoxy) is 1. The highest BCUT2D eigenvalue weighted by Gasteiger charge is 2.44. The average Bonchev–Trinajstić information content (AvgIpc) is 3.65. The number of amides is 3. The molecule has 3 amide bonds. The Kier molecular flexibility index (Phi) is 11.5. The van der Waals surface area contributed by atoms with Crippen molar-refractivity contribution in [3.05, 3.63) is 70.8 Å². The molecule has 3 heterocycles. The monoisotopic (exact) mass is 618 g/mol. The van der Waals surface area contributed by atoms with Gasteiger partial charge in [-0.3, -0.25) is 14.5 Å². The fraction of sp³-hybridized carbons (Fsp3) is 0.559. The van der Waals surface area contributed by atoms with Crippen LogP contribution in [0.2, 0.25) is 0 Å². The largest absolute Gasteiger partial charge is 0.475 e. The first-order valence-corrected chi connectivity index (χ1v) is 16.6. The normalized spacial score (nSPS) is 25.0. The minimum absolute atomic E-state index is 0.0957. The topological polar surface area (TPSA) is 131 Å². The van der Waals surface area contributed by atoms with E-state index in [9.17, 15) is 24.4 Å². The fourth-order valence-corrected chi connectivity index (χ4v) is 6.80. The maximum atomic E-state index is 14.2. The van der Waals surface area contributed by atoms with Crippen LogP contribution in [0.4, 0.5) is 4.79 Å². The van der Waals surface area contributed by atoms with E-state index in [2.05, 4.69) is 16.7 Å². The van der Waals surface area contributed by atoms with Gasteiger partial charge in [0.1, 0.15) is 12.1 Å². The molecule has 2 aromatic rings. The van der Waals surface area contributed by atoms with Gasteiger partial charge < -0.3 is 30.3 Å². The summed E-state index contributed by atoms with van der Waals surface area (Å²) in [6.07, 6.45) is 6.87. The Bertz CT molecular complexity index is 1300. The van der Waals surface area contributed by atoms with Crippen molar-refractivity contribution in [3.8, 4) is 0 Å². The molecule has 3 aliphatic rings. The molecule has 2 saturated heterocycles. The summed E-state index contributed by atoms with van der Waals surface area (Å²) in [4.78, 5) is 44.3. The predicted molar refractivity (Wildman–Crippen MR) is 172 cm³/mol. The molecule has 0 radical (unpaired) electrons. The zero-order valence-electron chi connectivity index (χ0n) is 26.3. The van der Waals surface area contributed by atoms with Crippen molar-refractivity contribution in [2.75, 3.05) is 6.54 Å². The number of hydrogen-bond acceptors (Lipinski definition) is 7. The average molecular weight is 619 g/mol. The van der Waals surface area contributed by atoms with E-state index in [1.807, 2.05) is 49.4 Å². The highest BCUT2D eigenvalue weighted by Crippen LogP contribution is 2.27. The number of fused-ring (bicyclic) bond motifs is 2. The lowest BCUT2D eigenvalue weighted by Gasteiger charge is -2.30. The van der Waals surface area contributed by atoms with Gasteiger partial charge >= 0.3 is 13.2 Å². The van der Waals surface area contributed by atoms with Crippen molar-refractivity contribution < 1.29 is 29.2 Å². The standard InChI is InChI=1S/C34H47BN4O6/c1-24-12-11-13-25(18-24)20-36-29-16-7-5-3-2-4-6-8-17-31(35(43)44)37-32(40)30-19-28(23-39(30)33(29)41)45-34(42)38-21-26-14-9-10-15-27(26)22-38/h9-15,18,28-31,36,43-44H,2-8,16-17,19-23H2,1H3,(H,37,40)/t28-,29?,30+,31-/m1/s1. The molecule has 0 bridgehead atoms. The van der Waals surface area contributed by atoms with Gasteiger partial charge in [-0.2, -0.15) is 0 Å². The number of aryl methyl sites for hydroxylation is 1. The molecule has 3 aliphatic heterocycles. The van der Waals surface area contributed by atoms with Crippen LogP contribution in [0.1, 0.15) is 86.5 Å². The van der Waals surface area contributed by atoms with Crippen molar-refractivity contribution in [1.82, 2.24) is 20.4 Å². The first kappa shape index (κ1) is 33.0. The van der Waals surface area contributed by atoms with Gasteiger partial charge in [0.15, 0.2) is 0 Å². The van der Waals surface area contributed by atoms with Crippen LogP contribution in [0.5, 0.6) is 0 Å². The van der Waals surface area contributed by atoms with Gasteiger partial charge in [-0.1, -0.05) is 99.0 Å². The molecule has 2 fully saturated rings. The van der Waals surface area contributed by atoms with Crippen LogP contribution < -0.4 is 10.6 Å². The molecule has 11 heteroatoms. The van der Waals surface area contributed by atoms with Crippen molar-refractivity contribution >= 4 is 25.0 Å². The van der Waals surface area contributed by atoms with Crippen LogP contribution in [0.3, 0.4) is 0 Å². The molecule has 1 unspecified atom stereocenters. The highest BCUT2D eigenvalue weighted by molar-refractivity contribution is 6.43. The van der Waals surface area contributed by atoms with Gasteiger partial charge in [0.25, 0.3) is 0 Å². The maximum Gasteiger partial charge on any atom is 0.475 e. The smallest absolute Gasteiger partial charge is 0.444 e. The number of carbonyl (C=O) groups is 3. The lowest BCUT2D eigenvalue weighted by atomic mass is 9.76. The van der Waals surface area contributed by atoms with E-state index in [0.717, 1.165) is 67.2 Å². The van der Waals surface area contributed by atoms with E-state index >= 15 is 0 Å². The van der Waals surface area contributed by atoms with Crippen LogP contribution in [0, 0.1) is 6.92 Å². The molecule has 5 rings (SSSR count). The third-order valence-electron chi connectivity index (χ3n) is 9.34. The number of hydrogen-bond donors (Lipinski definition) is 4. The Morgan fingerprint density at radius 2 is 1.62 bits per heavy atom. The van der Waals surface area contributed by atoms with Gasteiger partial charge in [0, 0.05) is 26.1 Å². The van der Waals surface area contributed by atoms with Gasteiger partial charge in [0.05, 0.1) is 18.5 Å².